The molecule has 4 nitrogen and oxygen atoms in total. The molecule has 0 bridgehead atoms. The van der Waals surface area contributed by atoms with Gasteiger partial charge in [-0.3, -0.25) is 4.55 Å². The highest BCUT2D eigenvalue weighted by Crippen LogP contribution is 2.21. The minimum Gasteiger partial charge on any atom is -0.264 e. The molecule has 0 aliphatic rings. The Morgan fingerprint density at radius 3 is 1.13 bits per heavy atom. The SMILES string of the molecule is CCCCCCCCCCCCCC(CCCCCCCCCCC)COS(=O)(=O)O. The average molecular weight is 463 g/mol. The summed E-state index contributed by atoms with van der Waals surface area (Å²) in [6.07, 6.45) is 28.2. The van der Waals surface area contributed by atoms with E-state index in [0.29, 0.717) is 0 Å². The lowest BCUT2D eigenvalue weighted by Crippen LogP contribution is -2.14. The van der Waals surface area contributed by atoms with Crippen LogP contribution in [-0.2, 0) is 14.6 Å². The van der Waals surface area contributed by atoms with Gasteiger partial charge in [0.2, 0.25) is 0 Å². The standard InChI is InChI=1S/C26H54O4S/c1-3-5-7-9-11-13-14-16-18-20-22-24-26(25-30-31(27,28)29)23-21-19-17-15-12-10-8-6-4-2/h26H,3-25H2,1-2H3,(H,27,28,29). The van der Waals surface area contributed by atoms with E-state index in [2.05, 4.69) is 13.8 Å². The Balaban J connectivity index is 3.77. The van der Waals surface area contributed by atoms with Gasteiger partial charge >= 0.3 is 10.4 Å². The summed E-state index contributed by atoms with van der Waals surface area (Å²) in [4.78, 5) is 0. The predicted molar refractivity (Wildman–Crippen MR) is 134 cm³/mol. The smallest absolute Gasteiger partial charge is 0.264 e. The number of unbranched alkanes of at least 4 members (excludes halogenated alkanes) is 18. The highest BCUT2D eigenvalue weighted by molar-refractivity contribution is 7.80. The summed E-state index contributed by atoms with van der Waals surface area (Å²) >= 11 is 0. The van der Waals surface area contributed by atoms with Crippen LogP contribution in [0.25, 0.3) is 0 Å². The molecule has 0 aromatic heterocycles. The molecule has 0 aromatic rings. The molecule has 188 valence electrons. The maximum Gasteiger partial charge on any atom is 0.397 e. The molecule has 0 fully saturated rings. The van der Waals surface area contributed by atoms with Crippen molar-refractivity contribution in [3.63, 3.8) is 0 Å². The summed E-state index contributed by atoms with van der Waals surface area (Å²) in [6.45, 7) is 4.64. The molecular weight excluding hydrogens is 408 g/mol. The van der Waals surface area contributed by atoms with Crippen molar-refractivity contribution in [1.29, 1.82) is 0 Å². The van der Waals surface area contributed by atoms with Gasteiger partial charge < -0.3 is 0 Å². The second-order valence-electron chi connectivity index (χ2n) is 9.52. The van der Waals surface area contributed by atoms with Crippen LogP contribution in [0.4, 0.5) is 0 Å². The molecule has 0 saturated heterocycles. The minimum atomic E-state index is -4.32. The third-order valence-electron chi connectivity index (χ3n) is 6.38. The van der Waals surface area contributed by atoms with Crippen LogP contribution in [0.15, 0.2) is 0 Å². The molecule has 0 radical (unpaired) electrons. The van der Waals surface area contributed by atoms with Crippen molar-refractivity contribution in [1.82, 2.24) is 0 Å². The summed E-state index contributed by atoms with van der Waals surface area (Å²) < 4.78 is 35.5. The lowest BCUT2D eigenvalue weighted by Gasteiger charge is -2.16. The van der Waals surface area contributed by atoms with Crippen molar-refractivity contribution < 1.29 is 17.2 Å². The second kappa shape index (κ2) is 23.0. The molecule has 0 aromatic carbocycles. The quantitative estimate of drug-likeness (QED) is 0.108. The Morgan fingerprint density at radius 1 is 0.548 bits per heavy atom. The van der Waals surface area contributed by atoms with Crippen molar-refractivity contribution in [2.24, 2.45) is 5.92 Å². The van der Waals surface area contributed by atoms with E-state index in [1.165, 1.54) is 116 Å². The van der Waals surface area contributed by atoms with E-state index in [4.69, 9.17) is 8.74 Å². The summed E-state index contributed by atoms with van der Waals surface area (Å²) in [5.41, 5.74) is 0. The molecule has 0 heterocycles. The van der Waals surface area contributed by atoms with E-state index in [1.54, 1.807) is 0 Å². The molecular formula is C26H54O4S. The zero-order valence-electron chi connectivity index (χ0n) is 20.9. The maximum atomic E-state index is 11.0. The second-order valence-corrected chi connectivity index (χ2v) is 10.6. The highest BCUT2D eigenvalue weighted by Gasteiger charge is 2.13. The van der Waals surface area contributed by atoms with Gasteiger partial charge in [0.15, 0.2) is 0 Å². The molecule has 1 atom stereocenters. The van der Waals surface area contributed by atoms with E-state index >= 15 is 0 Å². The first-order valence-electron chi connectivity index (χ1n) is 13.6. The van der Waals surface area contributed by atoms with Gasteiger partial charge in [-0.2, -0.15) is 8.42 Å². The molecule has 0 rings (SSSR count). The molecule has 5 heteroatoms. The Bertz CT molecular complexity index is 450. The summed E-state index contributed by atoms with van der Waals surface area (Å²) in [7, 11) is -4.32. The van der Waals surface area contributed by atoms with Gasteiger partial charge in [-0.15, -0.1) is 0 Å². The number of hydrogen-bond acceptors (Lipinski definition) is 3. The van der Waals surface area contributed by atoms with Crippen LogP contribution in [-0.4, -0.2) is 19.6 Å². The molecule has 1 unspecified atom stereocenters. The first-order valence-corrected chi connectivity index (χ1v) is 15.0. The normalized spacial score (nSPS) is 13.0. The Morgan fingerprint density at radius 2 is 0.839 bits per heavy atom. The highest BCUT2D eigenvalue weighted by atomic mass is 32.3. The van der Waals surface area contributed by atoms with E-state index in [1.807, 2.05) is 0 Å². The van der Waals surface area contributed by atoms with Crippen molar-refractivity contribution >= 4 is 10.4 Å². The first kappa shape index (κ1) is 30.9. The van der Waals surface area contributed by atoms with Crippen molar-refractivity contribution in [2.45, 2.75) is 155 Å². The van der Waals surface area contributed by atoms with Gasteiger partial charge in [0.1, 0.15) is 0 Å². The van der Waals surface area contributed by atoms with Gasteiger partial charge in [0.05, 0.1) is 6.61 Å². The van der Waals surface area contributed by atoms with Crippen molar-refractivity contribution in [3.05, 3.63) is 0 Å². The molecule has 0 aliphatic carbocycles. The molecule has 1 N–H and O–H groups in total. The fourth-order valence-electron chi connectivity index (χ4n) is 4.33. The monoisotopic (exact) mass is 462 g/mol. The Hall–Kier alpha value is -0.130. The molecule has 0 amide bonds. The fraction of sp³-hybridized carbons (Fsp3) is 1.00. The maximum absolute atomic E-state index is 11.0. The van der Waals surface area contributed by atoms with Crippen LogP contribution in [0, 0.1) is 5.92 Å². The Labute approximate surface area is 195 Å². The third kappa shape index (κ3) is 26.0. The summed E-state index contributed by atoms with van der Waals surface area (Å²) in [6, 6.07) is 0. The van der Waals surface area contributed by atoms with Gasteiger partial charge in [0.25, 0.3) is 0 Å². The minimum absolute atomic E-state index is 0.133. The number of hydrogen-bond donors (Lipinski definition) is 1. The predicted octanol–water partition coefficient (Wildman–Crippen LogP) is 9.04. The van der Waals surface area contributed by atoms with Gasteiger partial charge in [-0.25, -0.2) is 4.18 Å². The van der Waals surface area contributed by atoms with E-state index in [0.717, 1.165) is 25.7 Å². The topological polar surface area (TPSA) is 63.6 Å². The van der Waals surface area contributed by atoms with E-state index in [-0.39, 0.29) is 12.5 Å². The summed E-state index contributed by atoms with van der Waals surface area (Å²) in [5.74, 6) is 0.241. The zero-order valence-corrected chi connectivity index (χ0v) is 21.7. The van der Waals surface area contributed by atoms with Crippen LogP contribution >= 0.6 is 0 Å². The molecule has 0 aliphatic heterocycles. The lowest BCUT2D eigenvalue weighted by molar-refractivity contribution is 0.204. The molecule has 31 heavy (non-hydrogen) atoms. The first-order chi connectivity index (χ1) is 15.0. The molecule has 0 saturated carbocycles. The van der Waals surface area contributed by atoms with Crippen LogP contribution in [0.5, 0.6) is 0 Å². The Kier molecular flexibility index (Phi) is 22.9. The third-order valence-corrected chi connectivity index (χ3v) is 6.82. The fourth-order valence-corrected chi connectivity index (χ4v) is 4.70. The lowest BCUT2D eigenvalue weighted by atomic mass is 9.94. The average Bonchev–Trinajstić information content (AvgIpc) is 2.73. The number of rotatable bonds is 25. The van der Waals surface area contributed by atoms with Crippen LogP contribution < -0.4 is 0 Å². The van der Waals surface area contributed by atoms with Gasteiger partial charge in [-0.05, 0) is 18.8 Å². The van der Waals surface area contributed by atoms with Crippen LogP contribution in [0.3, 0.4) is 0 Å². The molecule has 0 spiro atoms. The van der Waals surface area contributed by atoms with Crippen LogP contribution in [0.1, 0.15) is 155 Å². The van der Waals surface area contributed by atoms with E-state index < -0.39 is 10.4 Å². The van der Waals surface area contributed by atoms with Crippen LogP contribution in [0.2, 0.25) is 0 Å². The van der Waals surface area contributed by atoms with Gasteiger partial charge in [-0.1, -0.05) is 142 Å². The van der Waals surface area contributed by atoms with E-state index in [9.17, 15) is 8.42 Å². The van der Waals surface area contributed by atoms with Crippen molar-refractivity contribution in [2.75, 3.05) is 6.61 Å². The summed E-state index contributed by atoms with van der Waals surface area (Å²) in [5, 5.41) is 0. The van der Waals surface area contributed by atoms with Crippen molar-refractivity contribution in [3.8, 4) is 0 Å². The van der Waals surface area contributed by atoms with Gasteiger partial charge in [0, 0.05) is 0 Å². The largest absolute Gasteiger partial charge is 0.397 e. The zero-order chi connectivity index (χ0) is 23.0.